The number of carboxylic acids is 1. The molecule has 16 heavy (non-hydrogen) atoms. The van der Waals surface area contributed by atoms with Crippen molar-refractivity contribution in [3.05, 3.63) is 0 Å². The van der Waals surface area contributed by atoms with Crippen molar-refractivity contribution < 1.29 is 23.1 Å². The van der Waals surface area contributed by atoms with E-state index >= 15 is 0 Å². The summed E-state index contributed by atoms with van der Waals surface area (Å²) in [7, 11) is 0. The van der Waals surface area contributed by atoms with Gasteiger partial charge in [-0.15, -0.1) is 0 Å². The molecule has 1 aliphatic rings. The molecule has 0 radical (unpaired) electrons. The molecule has 0 heterocycles. The summed E-state index contributed by atoms with van der Waals surface area (Å²) in [6.45, 7) is 2.12. The largest absolute Gasteiger partial charge is 0.480 e. The number of carbonyl (C=O) groups is 1. The van der Waals surface area contributed by atoms with E-state index in [0.717, 1.165) is 0 Å². The van der Waals surface area contributed by atoms with Gasteiger partial charge in [0.25, 0.3) is 0 Å². The molecule has 0 saturated heterocycles. The Morgan fingerprint density at radius 2 is 1.94 bits per heavy atom. The second kappa shape index (κ2) is 3.91. The molecular weight excluding hydrogens is 223 g/mol. The molecule has 0 aromatic heterocycles. The third kappa shape index (κ3) is 2.31. The smallest absolute Gasteiger partial charge is 0.401 e. The van der Waals surface area contributed by atoms with E-state index in [1.807, 2.05) is 0 Å². The van der Waals surface area contributed by atoms with Crippen LogP contribution in [0.3, 0.4) is 0 Å². The lowest BCUT2D eigenvalue weighted by Gasteiger charge is -2.38. The highest BCUT2D eigenvalue weighted by atomic mass is 19.4. The Hall–Kier alpha value is -0.780. The maximum absolute atomic E-state index is 12.1. The SMILES string of the molecule is CC1(C)CCCC1(NCC(F)(F)F)C(=O)O. The first-order valence-corrected chi connectivity index (χ1v) is 5.16. The Morgan fingerprint density at radius 1 is 1.38 bits per heavy atom. The molecule has 1 fully saturated rings. The first-order valence-electron chi connectivity index (χ1n) is 5.16. The fourth-order valence-electron chi connectivity index (χ4n) is 2.40. The van der Waals surface area contributed by atoms with Crippen LogP contribution in [-0.4, -0.2) is 29.3 Å². The van der Waals surface area contributed by atoms with E-state index in [0.29, 0.717) is 12.8 Å². The molecule has 3 nitrogen and oxygen atoms in total. The van der Waals surface area contributed by atoms with Crippen LogP contribution in [0.25, 0.3) is 0 Å². The van der Waals surface area contributed by atoms with E-state index < -0.39 is 29.6 Å². The van der Waals surface area contributed by atoms with Crippen LogP contribution < -0.4 is 5.32 Å². The maximum Gasteiger partial charge on any atom is 0.401 e. The molecule has 0 aliphatic heterocycles. The fraction of sp³-hybridized carbons (Fsp3) is 0.900. The Kier molecular flexibility index (Phi) is 3.24. The lowest BCUT2D eigenvalue weighted by Crippen LogP contribution is -2.60. The van der Waals surface area contributed by atoms with Gasteiger partial charge in [-0.25, -0.2) is 0 Å². The number of aliphatic carboxylic acids is 1. The Bertz CT molecular complexity index is 288. The van der Waals surface area contributed by atoms with Crippen molar-refractivity contribution in [1.29, 1.82) is 0 Å². The molecule has 1 rings (SSSR count). The quantitative estimate of drug-likeness (QED) is 0.793. The van der Waals surface area contributed by atoms with Gasteiger partial charge in [0.1, 0.15) is 5.54 Å². The van der Waals surface area contributed by atoms with Crippen molar-refractivity contribution in [3.63, 3.8) is 0 Å². The van der Waals surface area contributed by atoms with Crippen LogP contribution in [0, 0.1) is 5.41 Å². The van der Waals surface area contributed by atoms with Gasteiger partial charge in [-0.05, 0) is 18.3 Å². The predicted molar refractivity (Wildman–Crippen MR) is 52.1 cm³/mol. The molecule has 0 bridgehead atoms. The molecule has 0 amide bonds. The van der Waals surface area contributed by atoms with Crippen LogP contribution >= 0.6 is 0 Å². The summed E-state index contributed by atoms with van der Waals surface area (Å²) in [6, 6.07) is 0. The summed E-state index contributed by atoms with van der Waals surface area (Å²) < 4.78 is 36.4. The molecule has 0 spiro atoms. The van der Waals surface area contributed by atoms with Crippen LogP contribution in [0.4, 0.5) is 13.2 Å². The monoisotopic (exact) mass is 239 g/mol. The van der Waals surface area contributed by atoms with Gasteiger partial charge in [-0.1, -0.05) is 20.3 Å². The number of carboxylic acid groups (broad SMARTS) is 1. The zero-order valence-electron chi connectivity index (χ0n) is 9.32. The van der Waals surface area contributed by atoms with Crippen LogP contribution in [0.1, 0.15) is 33.1 Å². The molecule has 0 aromatic rings. The van der Waals surface area contributed by atoms with Gasteiger partial charge >= 0.3 is 12.1 Å². The third-order valence-electron chi connectivity index (χ3n) is 3.46. The molecule has 1 atom stereocenters. The maximum atomic E-state index is 12.1. The lowest BCUT2D eigenvalue weighted by atomic mass is 9.75. The summed E-state index contributed by atoms with van der Waals surface area (Å²) in [5, 5.41) is 11.4. The van der Waals surface area contributed by atoms with Gasteiger partial charge in [-0.3, -0.25) is 10.1 Å². The van der Waals surface area contributed by atoms with Crippen LogP contribution in [0.15, 0.2) is 0 Å². The normalized spacial score (nSPS) is 29.3. The first-order chi connectivity index (χ1) is 7.11. The Balaban J connectivity index is 2.87. The molecule has 6 heteroatoms. The van der Waals surface area contributed by atoms with E-state index in [9.17, 15) is 18.0 Å². The van der Waals surface area contributed by atoms with Crippen LogP contribution in [0.2, 0.25) is 0 Å². The topological polar surface area (TPSA) is 49.3 Å². The Morgan fingerprint density at radius 3 is 2.25 bits per heavy atom. The third-order valence-corrected chi connectivity index (χ3v) is 3.46. The minimum Gasteiger partial charge on any atom is -0.480 e. The standard InChI is InChI=1S/C10H16F3NO2/c1-8(2)4-3-5-9(8,7(15)16)14-6-10(11,12)13/h14H,3-6H2,1-2H3,(H,15,16). The van der Waals surface area contributed by atoms with Gasteiger partial charge in [-0.2, -0.15) is 13.2 Å². The number of alkyl halides is 3. The summed E-state index contributed by atoms with van der Waals surface area (Å²) in [5.74, 6) is -1.20. The predicted octanol–water partition coefficient (Wildman–Crippen LogP) is 2.17. The second-order valence-electron chi connectivity index (χ2n) is 4.92. The average Bonchev–Trinajstić information content (AvgIpc) is 2.37. The second-order valence-corrected chi connectivity index (χ2v) is 4.92. The van der Waals surface area contributed by atoms with E-state index in [-0.39, 0.29) is 6.42 Å². The van der Waals surface area contributed by atoms with Crippen molar-refractivity contribution in [1.82, 2.24) is 5.32 Å². The van der Waals surface area contributed by atoms with E-state index in [1.165, 1.54) is 0 Å². The van der Waals surface area contributed by atoms with Crippen LogP contribution in [0.5, 0.6) is 0 Å². The van der Waals surface area contributed by atoms with Gasteiger partial charge in [0.2, 0.25) is 0 Å². The first kappa shape index (κ1) is 13.3. The number of halogens is 3. The number of nitrogens with one attached hydrogen (secondary N) is 1. The van der Waals surface area contributed by atoms with E-state index in [4.69, 9.17) is 5.11 Å². The summed E-state index contributed by atoms with van der Waals surface area (Å²) >= 11 is 0. The summed E-state index contributed by atoms with van der Waals surface area (Å²) in [5.41, 5.74) is -2.12. The Labute approximate surface area is 92.0 Å². The average molecular weight is 239 g/mol. The van der Waals surface area contributed by atoms with Crippen LogP contribution in [-0.2, 0) is 4.79 Å². The highest BCUT2D eigenvalue weighted by Gasteiger charge is 2.55. The van der Waals surface area contributed by atoms with Gasteiger partial charge in [0, 0.05) is 0 Å². The zero-order valence-corrected chi connectivity index (χ0v) is 9.32. The molecule has 94 valence electrons. The highest BCUT2D eigenvalue weighted by molar-refractivity contribution is 5.80. The van der Waals surface area contributed by atoms with Gasteiger partial charge in [0.05, 0.1) is 6.54 Å². The molecule has 1 aliphatic carbocycles. The van der Waals surface area contributed by atoms with E-state index in [2.05, 4.69) is 5.32 Å². The highest BCUT2D eigenvalue weighted by Crippen LogP contribution is 2.46. The fourth-order valence-corrected chi connectivity index (χ4v) is 2.40. The zero-order chi connectivity index (χ0) is 12.6. The number of hydrogen-bond donors (Lipinski definition) is 2. The molecule has 2 N–H and O–H groups in total. The van der Waals surface area contributed by atoms with Crippen molar-refractivity contribution in [2.24, 2.45) is 5.41 Å². The number of rotatable bonds is 3. The summed E-state index contributed by atoms with van der Waals surface area (Å²) in [4.78, 5) is 11.2. The van der Waals surface area contributed by atoms with Crippen molar-refractivity contribution >= 4 is 5.97 Å². The molecular formula is C10H16F3NO2. The molecule has 1 saturated carbocycles. The minimum absolute atomic E-state index is 0.241. The molecule has 1 unspecified atom stereocenters. The van der Waals surface area contributed by atoms with Gasteiger partial charge in [0.15, 0.2) is 0 Å². The van der Waals surface area contributed by atoms with Crippen molar-refractivity contribution in [3.8, 4) is 0 Å². The summed E-state index contributed by atoms with van der Waals surface area (Å²) in [6.07, 6.45) is -2.90. The van der Waals surface area contributed by atoms with Crippen molar-refractivity contribution in [2.75, 3.05) is 6.54 Å². The van der Waals surface area contributed by atoms with E-state index in [1.54, 1.807) is 13.8 Å². The van der Waals surface area contributed by atoms with Gasteiger partial charge < -0.3 is 5.11 Å². The molecule has 0 aromatic carbocycles. The number of hydrogen-bond acceptors (Lipinski definition) is 2. The minimum atomic E-state index is -4.39. The van der Waals surface area contributed by atoms with Crippen molar-refractivity contribution in [2.45, 2.75) is 44.8 Å². The lowest BCUT2D eigenvalue weighted by molar-refractivity contribution is -0.155.